The van der Waals surface area contributed by atoms with E-state index < -0.39 is 0 Å². The van der Waals surface area contributed by atoms with E-state index in [0.717, 1.165) is 11.3 Å². The largest absolute Gasteiger partial charge is 0.424 e. The van der Waals surface area contributed by atoms with Gasteiger partial charge in [0, 0.05) is 11.6 Å². The van der Waals surface area contributed by atoms with Gasteiger partial charge in [-0.3, -0.25) is 4.79 Å². The van der Waals surface area contributed by atoms with E-state index in [1.807, 2.05) is 51.1 Å². The van der Waals surface area contributed by atoms with Crippen LogP contribution in [0.4, 0.5) is 11.6 Å². The van der Waals surface area contributed by atoms with Crippen LogP contribution in [0.15, 0.2) is 28.7 Å². The molecule has 114 valence electrons. The van der Waals surface area contributed by atoms with Crippen LogP contribution in [0.5, 0.6) is 0 Å². The molecule has 0 aliphatic heterocycles. The van der Waals surface area contributed by atoms with Crippen molar-refractivity contribution in [2.24, 2.45) is 0 Å². The van der Waals surface area contributed by atoms with Crippen LogP contribution >= 0.6 is 0 Å². The molecule has 2 rings (SSSR count). The van der Waals surface area contributed by atoms with Crippen molar-refractivity contribution in [2.45, 2.75) is 26.7 Å². The number of hydrogen-bond donors (Lipinski definition) is 2. The zero-order valence-electron chi connectivity index (χ0n) is 12.8. The number of aromatic nitrogens is 1. The number of rotatable bonds is 5. The Morgan fingerprint density at radius 3 is 2.64 bits per heavy atom. The Morgan fingerprint density at radius 1 is 1.36 bits per heavy atom. The monoisotopic (exact) mass is 298 g/mol. The lowest BCUT2D eigenvalue weighted by Gasteiger charge is -2.06. The van der Waals surface area contributed by atoms with Crippen LogP contribution in [0.25, 0.3) is 0 Å². The molecular weight excluding hydrogens is 280 g/mol. The standard InChI is InChI=1S/C16H18N4O2/c1-10(2)15-20-13(8-17)16(22-15)18-9-14(21)19-12-6-4-11(3)5-7-12/h4-7,10,18H,9H2,1-3H3,(H,19,21). The first kappa shape index (κ1) is 15.6. The van der Waals surface area contributed by atoms with Crippen molar-refractivity contribution in [1.82, 2.24) is 4.98 Å². The third kappa shape index (κ3) is 3.85. The number of carbonyl (C=O) groups excluding carboxylic acids is 1. The van der Waals surface area contributed by atoms with Crippen LogP contribution in [0, 0.1) is 18.3 Å². The number of nitrogens with zero attached hydrogens (tertiary/aromatic N) is 2. The molecule has 0 saturated heterocycles. The minimum Gasteiger partial charge on any atom is -0.424 e. The number of aryl methyl sites for hydroxylation is 1. The minimum atomic E-state index is -0.227. The fourth-order valence-corrected chi connectivity index (χ4v) is 1.78. The first-order chi connectivity index (χ1) is 10.5. The zero-order valence-corrected chi connectivity index (χ0v) is 12.8. The maximum atomic E-state index is 11.9. The number of amides is 1. The SMILES string of the molecule is Cc1ccc(NC(=O)CNc2oc(C(C)C)nc2C#N)cc1. The average molecular weight is 298 g/mol. The molecule has 22 heavy (non-hydrogen) atoms. The van der Waals surface area contributed by atoms with E-state index >= 15 is 0 Å². The van der Waals surface area contributed by atoms with Crippen molar-refractivity contribution in [3.63, 3.8) is 0 Å². The molecule has 0 bridgehead atoms. The Kier molecular flexibility index (Phi) is 4.79. The predicted octanol–water partition coefficient (Wildman–Crippen LogP) is 3.03. The highest BCUT2D eigenvalue weighted by atomic mass is 16.4. The zero-order chi connectivity index (χ0) is 16.1. The third-order valence-corrected chi connectivity index (χ3v) is 2.99. The molecule has 1 aromatic carbocycles. The first-order valence-corrected chi connectivity index (χ1v) is 7.01. The van der Waals surface area contributed by atoms with Crippen molar-refractivity contribution >= 4 is 17.5 Å². The summed E-state index contributed by atoms with van der Waals surface area (Å²) in [6.07, 6.45) is 0. The molecule has 1 heterocycles. The summed E-state index contributed by atoms with van der Waals surface area (Å²) in [5, 5.41) is 14.6. The lowest BCUT2D eigenvalue weighted by molar-refractivity contribution is -0.114. The molecule has 0 unspecified atom stereocenters. The molecule has 0 saturated carbocycles. The Morgan fingerprint density at radius 2 is 2.05 bits per heavy atom. The third-order valence-electron chi connectivity index (χ3n) is 2.99. The van der Waals surface area contributed by atoms with E-state index in [-0.39, 0.29) is 29.9 Å². The number of oxazole rings is 1. The second kappa shape index (κ2) is 6.76. The maximum absolute atomic E-state index is 11.9. The number of anilines is 2. The van der Waals surface area contributed by atoms with Crippen LogP contribution in [-0.2, 0) is 4.79 Å². The second-order valence-corrected chi connectivity index (χ2v) is 5.26. The highest BCUT2D eigenvalue weighted by Crippen LogP contribution is 2.21. The summed E-state index contributed by atoms with van der Waals surface area (Å²) in [5.74, 6) is 0.544. The molecule has 2 aromatic rings. The van der Waals surface area contributed by atoms with Gasteiger partial charge in [0.25, 0.3) is 0 Å². The van der Waals surface area contributed by atoms with Gasteiger partial charge in [0.2, 0.25) is 23.4 Å². The topological polar surface area (TPSA) is 90.9 Å². The lowest BCUT2D eigenvalue weighted by atomic mass is 10.2. The summed E-state index contributed by atoms with van der Waals surface area (Å²) < 4.78 is 5.46. The Balaban J connectivity index is 1.96. The smallest absolute Gasteiger partial charge is 0.243 e. The maximum Gasteiger partial charge on any atom is 0.243 e. The van der Waals surface area contributed by atoms with Crippen LogP contribution in [0.2, 0.25) is 0 Å². The van der Waals surface area contributed by atoms with E-state index in [4.69, 9.17) is 9.68 Å². The van der Waals surface area contributed by atoms with Crippen molar-refractivity contribution in [3.05, 3.63) is 41.4 Å². The number of hydrogen-bond acceptors (Lipinski definition) is 5. The van der Waals surface area contributed by atoms with Crippen LogP contribution in [-0.4, -0.2) is 17.4 Å². The van der Waals surface area contributed by atoms with Crippen molar-refractivity contribution < 1.29 is 9.21 Å². The van der Waals surface area contributed by atoms with Crippen LogP contribution < -0.4 is 10.6 Å². The molecule has 0 aliphatic carbocycles. The molecule has 0 aliphatic rings. The lowest BCUT2D eigenvalue weighted by Crippen LogP contribution is -2.21. The Bertz CT molecular complexity index is 696. The fraction of sp³-hybridized carbons (Fsp3) is 0.312. The van der Waals surface area contributed by atoms with Gasteiger partial charge in [-0.25, -0.2) is 4.98 Å². The number of nitrogens with one attached hydrogen (secondary N) is 2. The van der Waals surface area contributed by atoms with Gasteiger partial charge in [-0.05, 0) is 19.1 Å². The number of nitriles is 1. The normalized spacial score (nSPS) is 10.3. The first-order valence-electron chi connectivity index (χ1n) is 7.01. The molecule has 0 radical (unpaired) electrons. The quantitative estimate of drug-likeness (QED) is 0.885. The van der Waals surface area contributed by atoms with Gasteiger partial charge in [0.05, 0.1) is 6.54 Å². The van der Waals surface area contributed by atoms with Crippen molar-refractivity contribution in [3.8, 4) is 6.07 Å². The predicted molar refractivity (Wildman–Crippen MR) is 83.6 cm³/mol. The van der Waals surface area contributed by atoms with Crippen molar-refractivity contribution in [2.75, 3.05) is 17.2 Å². The summed E-state index contributed by atoms with van der Waals surface area (Å²) in [4.78, 5) is 16.0. The second-order valence-electron chi connectivity index (χ2n) is 5.26. The molecule has 0 spiro atoms. The van der Waals surface area contributed by atoms with Gasteiger partial charge in [-0.2, -0.15) is 5.26 Å². The van der Waals surface area contributed by atoms with Gasteiger partial charge in [0.1, 0.15) is 6.07 Å². The average Bonchev–Trinajstić information content (AvgIpc) is 2.91. The van der Waals surface area contributed by atoms with Gasteiger partial charge in [0.15, 0.2) is 0 Å². The van der Waals surface area contributed by atoms with Crippen molar-refractivity contribution in [1.29, 1.82) is 5.26 Å². The molecule has 1 amide bonds. The van der Waals surface area contributed by atoms with Gasteiger partial charge in [-0.1, -0.05) is 31.5 Å². The number of benzene rings is 1. The molecule has 2 N–H and O–H groups in total. The highest BCUT2D eigenvalue weighted by molar-refractivity contribution is 5.93. The minimum absolute atomic E-state index is 0.00468. The molecular formula is C16H18N4O2. The summed E-state index contributed by atoms with van der Waals surface area (Å²) in [6.45, 7) is 5.81. The van der Waals surface area contributed by atoms with E-state index in [1.54, 1.807) is 0 Å². The Hall–Kier alpha value is -2.81. The van der Waals surface area contributed by atoms with Crippen LogP contribution in [0.1, 0.15) is 36.9 Å². The fourth-order valence-electron chi connectivity index (χ4n) is 1.78. The van der Waals surface area contributed by atoms with Crippen LogP contribution in [0.3, 0.4) is 0 Å². The van der Waals surface area contributed by atoms with E-state index in [2.05, 4.69) is 15.6 Å². The Labute approximate surface area is 129 Å². The molecule has 0 fully saturated rings. The molecule has 6 nitrogen and oxygen atoms in total. The number of carbonyl (C=O) groups is 1. The van der Waals surface area contributed by atoms with Gasteiger partial charge < -0.3 is 15.1 Å². The molecule has 6 heteroatoms. The highest BCUT2D eigenvalue weighted by Gasteiger charge is 2.15. The van der Waals surface area contributed by atoms with E-state index in [1.165, 1.54) is 0 Å². The summed E-state index contributed by atoms with van der Waals surface area (Å²) in [7, 11) is 0. The van der Waals surface area contributed by atoms with E-state index in [9.17, 15) is 4.79 Å². The molecule has 1 aromatic heterocycles. The van der Waals surface area contributed by atoms with Gasteiger partial charge >= 0.3 is 0 Å². The van der Waals surface area contributed by atoms with Gasteiger partial charge in [-0.15, -0.1) is 0 Å². The summed E-state index contributed by atoms with van der Waals surface area (Å²) >= 11 is 0. The van der Waals surface area contributed by atoms with E-state index in [0.29, 0.717) is 5.89 Å². The summed E-state index contributed by atoms with van der Waals surface area (Å²) in [6, 6.07) is 9.45. The summed E-state index contributed by atoms with van der Waals surface area (Å²) in [5.41, 5.74) is 2.00. The molecule has 0 atom stereocenters.